The van der Waals surface area contributed by atoms with Gasteiger partial charge in [0.05, 0.1) is 12.1 Å². The van der Waals surface area contributed by atoms with Crippen molar-refractivity contribution in [1.29, 1.82) is 0 Å². The molecule has 2 unspecified atom stereocenters. The van der Waals surface area contributed by atoms with Gasteiger partial charge in [0.15, 0.2) is 5.17 Å². The van der Waals surface area contributed by atoms with Crippen LogP contribution in [0.15, 0.2) is 29.5 Å². The van der Waals surface area contributed by atoms with E-state index in [1.54, 1.807) is 11.8 Å². The van der Waals surface area contributed by atoms with Crippen LogP contribution in [-0.2, 0) is 0 Å². The molecule has 2 atom stereocenters. The summed E-state index contributed by atoms with van der Waals surface area (Å²) in [6, 6.07) is 4.80. The van der Waals surface area contributed by atoms with Crippen molar-refractivity contribution < 1.29 is 0 Å². The first-order valence-corrected chi connectivity index (χ1v) is 6.11. The Morgan fingerprint density at radius 2 is 2.20 bits per heavy atom. The smallest absolute Gasteiger partial charge is 0.157 e. The Morgan fingerprint density at radius 1 is 1.47 bits per heavy atom. The molecule has 1 aromatic heterocycles. The minimum atomic E-state index is 0.296. The molecule has 0 saturated carbocycles. The van der Waals surface area contributed by atoms with Gasteiger partial charge in [-0.3, -0.25) is 9.98 Å². The fourth-order valence-electron chi connectivity index (χ4n) is 1.47. The Hall–Kier alpha value is -1.03. The van der Waals surface area contributed by atoms with Crippen molar-refractivity contribution in [3.63, 3.8) is 0 Å². The van der Waals surface area contributed by atoms with E-state index in [2.05, 4.69) is 29.1 Å². The lowest BCUT2D eigenvalue weighted by molar-refractivity contribution is 0.717. The number of hydrogen-bond donors (Lipinski definition) is 1. The molecule has 1 aromatic rings. The van der Waals surface area contributed by atoms with E-state index in [1.807, 2.05) is 24.5 Å². The third kappa shape index (κ3) is 2.72. The highest BCUT2D eigenvalue weighted by Crippen LogP contribution is 2.19. The number of thioether (sulfide) groups is 1. The molecule has 0 saturated heterocycles. The first-order chi connectivity index (χ1) is 7.25. The average Bonchev–Trinajstić information content (AvgIpc) is 2.65. The van der Waals surface area contributed by atoms with Gasteiger partial charge in [-0.2, -0.15) is 0 Å². The van der Waals surface area contributed by atoms with Crippen LogP contribution in [0, 0.1) is 0 Å². The molecule has 80 valence electrons. The summed E-state index contributed by atoms with van der Waals surface area (Å²) in [5.74, 6) is 1.09. The topological polar surface area (TPSA) is 37.3 Å². The number of nitrogens with zero attached hydrogens (tertiary/aromatic N) is 2. The Balaban J connectivity index is 1.98. The highest BCUT2D eigenvalue weighted by atomic mass is 32.2. The highest BCUT2D eigenvalue weighted by Gasteiger charge is 2.15. The van der Waals surface area contributed by atoms with Gasteiger partial charge in [-0.05, 0) is 31.5 Å². The van der Waals surface area contributed by atoms with Crippen molar-refractivity contribution in [1.82, 2.24) is 10.3 Å². The molecule has 2 rings (SSSR count). The van der Waals surface area contributed by atoms with Gasteiger partial charge < -0.3 is 5.32 Å². The largest absolute Gasteiger partial charge is 0.358 e. The van der Waals surface area contributed by atoms with Crippen LogP contribution >= 0.6 is 11.8 Å². The second-order valence-corrected chi connectivity index (χ2v) is 4.75. The third-order valence-electron chi connectivity index (χ3n) is 2.34. The summed E-state index contributed by atoms with van der Waals surface area (Å²) in [6.07, 6.45) is 3.64. The van der Waals surface area contributed by atoms with E-state index >= 15 is 0 Å². The second-order valence-electron chi connectivity index (χ2n) is 3.74. The normalized spacial score (nSPS) is 22.3. The molecular weight excluding hydrogens is 206 g/mol. The zero-order valence-electron chi connectivity index (χ0n) is 8.97. The summed E-state index contributed by atoms with van der Waals surface area (Å²) in [4.78, 5) is 8.52. The zero-order valence-corrected chi connectivity index (χ0v) is 9.79. The molecule has 1 aliphatic rings. The number of nitrogens with one attached hydrogen (secondary N) is 1. The van der Waals surface area contributed by atoms with Crippen molar-refractivity contribution in [2.45, 2.75) is 25.9 Å². The van der Waals surface area contributed by atoms with Crippen LogP contribution in [0.1, 0.15) is 25.5 Å². The maximum Gasteiger partial charge on any atom is 0.157 e. The summed E-state index contributed by atoms with van der Waals surface area (Å²) in [5, 5.41) is 4.47. The van der Waals surface area contributed by atoms with E-state index in [9.17, 15) is 0 Å². The lowest BCUT2D eigenvalue weighted by Gasteiger charge is -2.14. The Bertz CT molecular complexity index is 350. The SMILES string of the molecule is CC1CSC(NC(C)c2ccncc2)=N1. The fraction of sp³-hybridized carbons (Fsp3) is 0.455. The molecule has 1 aliphatic heterocycles. The predicted octanol–water partition coefficient (Wildman–Crippen LogP) is 2.22. The van der Waals surface area contributed by atoms with Crippen molar-refractivity contribution in [3.05, 3.63) is 30.1 Å². The zero-order chi connectivity index (χ0) is 10.7. The van der Waals surface area contributed by atoms with Crippen molar-refractivity contribution in [2.75, 3.05) is 5.75 Å². The molecule has 3 nitrogen and oxygen atoms in total. The van der Waals surface area contributed by atoms with Gasteiger partial charge in [0, 0.05) is 18.1 Å². The van der Waals surface area contributed by atoms with Gasteiger partial charge in [0.25, 0.3) is 0 Å². The first-order valence-electron chi connectivity index (χ1n) is 5.13. The number of pyridine rings is 1. The second kappa shape index (κ2) is 4.66. The van der Waals surface area contributed by atoms with Crippen molar-refractivity contribution in [2.24, 2.45) is 4.99 Å². The fourth-order valence-corrected chi connectivity index (χ4v) is 2.46. The quantitative estimate of drug-likeness (QED) is 0.832. The minimum absolute atomic E-state index is 0.296. The van der Waals surface area contributed by atoms with Crippen molar-refractivity contribution >= 4 is 16.9 Å². The molecule has 15 heavy (non-hydrogen) atoms. The molecule has 0 radical (unpaired) electrons. The van der Waals surface area contributed by atoms with Crippen LogP contribution in [0.5, 0.6) is 0 Å². The summed E-state index contributed by atoms with van der Waals surface area (Å²) in [6.45, 7) is 4.28. The lowest BCUT2D eigenvalue weighted by Crippen LogP contribution is -2.22. The van der Waals surface area contributed by atoms with Crippen LogP contribution in [-0.4, -0.2) is 21.9 Å². The standard InChI is InChI=1S/C11H15N3S/c1-8-7-15-11(13-8)14-9(2)10-3-5-12-6-4-10/h3-6,8-9H,7H2,1-2H3,(H,13,14). The first kappa shape index (κ1) is 10.5. The van der Waals surface area contributed by atoms with E-state index in [0.29, 0.717) is 12.1 Å². The van der Waals surface area contributed by atoms with Crippen molar-refractivity contribution in [3.8, 4) is 0 Å². The Kier molecular flexibility index (Phi) is 3.26. The summed E-state index contributed by atoms with van der Waals surface area (Å²) < 4.78 is 0. The van der Waals surface area contributed by atoms with E-state index in [-0.39, 0.29) is 0 Å². The number of amidine groups is 1. The third-order valence-corrected chi connectivity index (χ3v) is 3.49. The predicted molar refractivity (Wildman–Crippen MR) is 65.1 cm³/mol. The molecule has 0 aliphatic carbocycles. The molecule has 2 heterocycles. The molecule has 0 aromatic carbocycles. The Labute approximate surface area is 94.4 Å². The van der Waals surface area contributed by atoms with Gasteiger partial charge >= 0.3 is 0 Å². The van der Waals surface area contributed by atoms with E-state index < -0.39 is 0 Å². The summed E-state index contributed by atoms with van der Waals surface area (Å²) >= 11 is 1.80. The minimum Gasteiger partial charge on any atom is -0.358 e. The maximum atomic E-state index is 4.51. The monoisotopic (exact) mass is 221 g/mol. The maximum absolute atomic E-state index is 4.51. The molecule has 0 fully saturated rings. The van der Waals surface area contributed by atoms with Gasteiger partial charge in [-0.25, -0.2) is 0 Å². The van der Waals surface area contributed by atoms with Gasteiger partial charge in [0.2, 0.25) is 0 Å². The number of rotatable bonds is 2. The number of aliphatic imine (C=N–C) groups is 1. The van der Waals surface area contributed by atoms with Gasteiger partial charge in [-0.1, -0.05) is 11.8 Å². The van der Waals surface area contributed by atoms with E-state index in [1.165, 1.54) is 5.56 Å². The van der Waals surface area contributed by atoms with E-state index in [0.717, 1.165) is 10.9 Å². The molecule has 0 amide bonds. The molecule has 4 heteroatoms. The van der Waals surface area contributed by atoms with Crippen LogP contribution in [0.3, 0.4) is 0 Å². The van der Waals surface area contributed by atoms with Gasteiger partial charge in [-0.15, -0.1) is 0 Å². The average molecular weight is 221 g/mol. The van der Waals surface area contributed by atoms with Gasteiger partial charge in [0.1, 0.15) is 0 Å². The molecular formula is C11H15N3S. The molecule has 1 N–H and O–H groups in total. The summed E-state index contributed by atoms with van der Waals surface area (Å²) in [7, 11) is 0. The molecule has 0 bridgehead atoms. The van der Waals surface area contributed by atoms with Crippen LogP contribution < -0.4 is 5.32 Å². The molecule has 0 spiro atoms. The van der Waals surface area contributed by atoms with Crippen LogP contribution in [0.4, 0.5) is 0 Å². The van der Waals surface area contributed by atoms with Crippen LogP contribution in [0.25, 0.3) is 0 Å². The Morgan fingerprint density at radius 3 is 2.80 bits per heavy atom. The number of hydrogen-bond acceptors (Lipinski definition) is 4. The summed E-state index contributed by atoms with van der Waals surface area (Å²) in [5.41, 5.74) is 1.24. The lowest BCUT2D eigenvalue weighted by atomic mass is 10.1. The van der Waals surface area contributed by atoms with Crippen LogP contribution in [0.2, 0.25) is 0 Å². The van der Waals surface area contributed by atoms with E-state index in [4.69, 9.17) is 0 Å². The number of aromatic nitrogens is 1. The highest BCUT2D eigenvalue weighted by molar-refractivity contribution is 8.14.